The standard InChI is InChI=1S/C16H36N.C3H3BF3/c1-5-9-13-17(14-10-6-2,15-11-7-3)16-12-8-4;1-2-3-4(5,6)7/h5-16H2,1-4H3;3H,1H2/q+1;-1. The van der Waals surface area contributed by atoms with Gasteiger partial charge in [0.15, 0.2) is 0 Å². The summed E-state index contributed by atoms with van der Waals surface area (Å²) in [5.74, 6) is 0.0139. The first-order valence-corrected chi connectivity index (χ1v) is 9.72. The predicted octanol–water partition coefficient (Wildman–Crippen LogP) is 6.72. The van der Waals surface area contributed by atoms with E-state index in [1.165, 1.54) is 82.0 Å². The Hall–Kier alpha value is -0.665. The van der Waals surface area contributed by atoms with Crippen molar-refractivity contribution in [3.05, 3.63) is 18.3 Å². The second-order valence-electron chi connectivity index (χ2n) is 6.65. The van der Waals surface area contributed by atoms with Gasteiger partial charge in [0.2, 0.25) is 0 Å². The Kier molecular flexibility index (Phi) is 16.9. The van der Waals surface area contributed by atoms with Crippen LogP contribution in [0.2, 0.25) is 0 Å². The molecule has 0 fully saturated rings. The average molecular weight is 349 g/mol. The van der Waals surface area contributed by atoms with Crippen LogP contribution < -0.4 is 0 Å². The van der Waals surface area contributed by atoms with Gasteiger partial charge in [-0.05, 0) is 25.7 Å². The van der Waals surface area contributed by atoms with Crippen LogP contribution in [0.4, 0.5) is 12.9 Å². The van der Waals surface area contributed by atoms with Crippen molar-refractivity contribution in [2.45, 2.75) is 79.1 Å². The monoisotopic (exact) mass is 349 g/mol. The Balaban J connectivity index is 0. The molecule has 0 atom stereocenters. The fraction of sp³-hybridized carbons (Fsp3) is 0.842. The van der Waals surface area contributed by atoms with Crippen LogP contribution in [0, 0.1) is 0 Å². The van der Waals surface area contributed by atoms with Crippen molar-refractivity contribution in [2.75, 3.05) is 26.2 Å². The maximum absolute atomic E-state index is 11.0. The molecule has 0 spiro atoms. The number of rotatable bonds is 13. The van der Waals surface area contributed by atoms with Gasteiger partial charge in [-0.25, -0.2) is 0 Å². The molecule has 144 valence electrons. The van der Waals surface area contributed by atoms with Gasteiger partial charge in [0, 0.05) is 0 Å². The highest BCUT2D eigenvalue weighted by Crippen LogP contribution is 2.16. The van der Waals surface area contributed by atoms with Crippen LogP contribution in [0.5, 0.6) is 0 Å². The molecule has 5 heteroatoms. The van der Waals surface area contributed by atoms with Crippen molar-refractivity contribution in [1.29, 1.82) is 0 Å². The minimum atomic E-state index is -4.79. The summed E-state index contributed by atoms with van der Waals surface area (Å²) in [7, 11) is 0. The van der Waals surface area contributed by atoms with Crippen LogP contribution in [-0.4, -0.2) is 37.6 Å². The first kappa shape index (κ1) is 25.6. The topological polar surface area (TPSA) is 0 Å². The molecule has 0 aliphatic carbocycles. The minimum absolute atomic E-state index is 0.0139. The van der Waals surface area contributed by atoms with Gasteiger partial charge in [0.1, 0.15) is 0 Å². The van der Waals surface area contributed by atoms with Crippen LogP contribution in [0.15, 0.2) is 18.3 Å². The van der Waals surface area contributed by atoms with E-state index in [-0.39, 0.29) is 5.98 Å². The zero-order chi connectivity index (χ0) is 18.9. The minimum Gasteiger partial charge on any atom is -0.445 e. The van der Waals surface area contributed by atoms with Gasteiger partial charge >= 0.3 is 6.98 Å². The van der Waals surface area contributed by atoms with Crippen molar-refractivity contribution in [2.24, 2.45) is 0 Å². The second kappa shape index (κ2) is 15.8. The zero-order valence-corrected chi connectivity index (χ0v) is 16.4. The summed E-state index contributed by atoms with van der Waals surface area (Å²) in [6.07, 6.45) is 11.1. The van der Waals surface area contributed by atoms with Crippen molar-refractivity contribution < 1.29 is 17.4 Å². The summed E-state index contributed by atoms with van der Waals surface area (Å²) < 4.78 is 34.3. The third-order valence-corrected chi connectivity index (χ3v) is 4.25. The molecular formula is C19H39BF3N. The van der Waals surface area contributed by atoms with Crippen LogP contribution in [0.1, 0.15) is 79.1 Å². The maximum atomic E-state index is 11.0. The molecule has 0 aromatic heterocycles. The van der Waals surface area contributed by atoms with E-state index in [2.05, 4.69) is 34.3 Å². The van der Waals surface area contributed by atoms with E-state index in [0.717, 1.165) is 0 Å². The molecule has 0 aromatic carbocycles. The number of hydrogen-bond acceptors (Lipinski definition) is 0. The highest BCUT2D eigenvalue weighted by Gasteiger charge is 2.24. The van der Waals surface area contributed by atoms with Gasteiger partial charge in [-0.3, -0.25) is 0 Å². The first-order valence-electron chi connectivity index (χ1n) is 9.72. The highest BCUT2D eigenvalue weighted by atomic mass is 19.4. The Morgan fingerprint density at radius 1 is 0.750 bits per heavy atom. The Labute approximate surface area is 148 Å². The van der Waals surface area contributed by atoms with Crippen molar-refractivity contribution >= 4 is 6.98 Å². The van der Waals surface area contributed by atoms with E-state index in [4.69, 9.17) is 0 Å². The summed E-state index contributed by atoms with van der Waals surface area (Å²) in [5, 5.41) is 0. The van der Waals surface area contributed by atoms with Crippen LogP contribution >= 0.6 is 0 Å². The van der Waals surface area contributed by atoms with Gasteiger partial charge in [0.05, 0.1) is 26.2 Å². The molecular weight excluding hydrogens is 310 g/mol. The molecule has 0 aromatic rings. The Morgan fingerprint density at radius 2 is 1.04 bits per heavy atom. The third-order valence-electron chi connectivity index (χ3n) is 4.25. The largest absolute Gasteiger partial charge is 0.510 e. The molecule has 0 saturated carbocycles. The fourth-order valence-corrected chi connectivity index (χ4v) is 2.78. The lowest BCUT2D eigenvalue weighted by molar-refractivity contribution is -0.929. The lowest BCUT2D eigenvalue weighted by Gasteiger charge is -2.39. The van der Waals surface area contributed by atoms with Crippen molar-refractivity contribution in [1.82, 2.24) is 0 Å². The zero-order valence-electron chi connectivity index (χ0n) is 16.4. The summed E-state index contributed by atoms with van der Waals surface area (Å²) in [5.41, 5.74) is 1.64. The average Bonchev–Trinajstić information content (AvgIpc) is 2.53. The lowest BCUT2D eigenvalue weighted by atomic mass is 9.93. The second-order valence-corrected chi connectivity index (χ2v) is 6.65. The quantitative estimate of drug-likeness (QED) is 0.197. The molecule has 0 unspecified atom stereocenters. The summed E-state index contributed by atoms with van der Waals surface area (Å²) in [6, 6.07) is 0. The number of halogens is 3. The van der Waals surface area contributed by atoms with E-state index in [0.29, 0.717) is 0 Å². The van der Waals surface area contributed by atoms with Crippen molar-refractivity contribution in [3.63, 3.8) is 0 Å². The number of unbranched alkanes of at least 4 members (excludes halogenated alkanes) is 4. The Bertz CT molecular complexity index is 286. The molecule has 24 heavy (non-hydrogen) atoms. The molecule has 0 radical (unpaired) electrons. The number of hydrogen-bond donors (Lipinski definition) is 0. The van der Waals surface area contributed by atoms with Gasteiger partial charge in [-0.2, -0.15) is 5.73 Å². The molecule has 0 aliphatic rings. The molecule has 0 heterocycles. The van der Waals surface area contributed by atoms with Crippen LogP contribution in [0.3, 0.4) is 0 Å². The Morgan fingerprint density at radius 3 is 1.17 bits per heavy atom. The molecule has 0 amide bonds. The van der Waals surface area contributed by atoms with Gasteiger partial charge < -0.3 is 17.4 Å². The predicted molar refractivity (Wildman–Crippen MR) is 102 cm³/mol. The van der Waals surface area contributed by atoms with Gasteiger partial charge in [-0.15, -0.1) is 5.98 Å². The molecule has 0 N–H and O–H groups in total. The number of quaternary nitrogens is 1. The highest BCUT2D eigenvalue weighted by molar-refractivity contribution is 6.64. The van der Waals surface area contributed by atoms with E-state index in [1.807, 2.05) is 0 Å². The lowest BCUT2D eigenvalue weighted by Crippen LogP contribution is -2.50. The van der Waals surface area contributed by atoms with E-state index in [1.54, 1.807) is 5.73 Å². The summed E-state index contributed by atoms with van der Waals surface area (Å²) in [4.78, 5) is 0. The van der Waals surface area contributed by atoms with E-state index < -0.39 is 6.98 Å². The maximum Gasteiger partial charge on any atom is 0.510 e. The molecule has 0 rings (SSSR count). The fourth-order valence-electron chi connectivity index (χ4n) is 2.78. The molecule has 0 saturated heterocycles. The SMILES string of the molecule is C=C=C[B-](F)(F)F.CCCC[N+](CCCC)(CCCC)CCCC. The third kappa shape index (κ3) is 16.2. The van der Waals surface area contributed by atoms with Crippen LogP contribution in [-0.2, 0) is 0 Å². The molecule has 0 bridgehead atoms. The van der Waals surface area contributed by atoms with Gasteiger partial charge in [-0.1, -0.05) is 60.0 Å². The molecule has 0 aliphatic heterocycles. The summed E-state index contributed by atoms with van der Waals surface area (Å²) in [6.45, 7) is 13.0. The smallest absolute Gasteiger partial charge is 0.445 e. The normalized spacial score (nSPS) is 11.5. The van der Waals surface area contributed by atoms with E-state index in [9.17, 15) is 12.9 Å². The molecule has 1 nitrogen and oxygen atoms in total. The van der Waals surface area contributed by atoms with Crippen molar-refractivity contribution in [3.8, 4) is 0 Å². The first-order chi connectivity index (χ1) is 11.3. The van der Waals surface area contributed by atoms with Gasteiger partial charge in [0.25, 0.3) is 0 Å². The van der Waals surface area contributed by atoms with E-state index >= 15 is 0 Å². The summed E-state index contributed by atoms with van der Waals surface area (Å²) >= 11 is 0. The van der Waals surface area contributed by atoms with Crippen LogP contribution in [0.25, 0.3) is 0 Å². The number of nitrogens with zero attached hydrogens (tertiary/aromatic N) is 1.